The molecule has 1 saturated heterocycles. The summed E-state index contributed by atoms with van der Waals surface area (Å²) in [6.07, 6.45) is 9.52. The normalized spacial score (nSPS) is 16.6. The molecule has 0 bridgehead atoms. The largest absolute Gasteiger partial charge is 0.481 e. The molecule has 0 saturated carbocycles. The molecule has 140 valence electrons. The highest BCUT2D eigenvalue weighted by Crippen LogP contribution is 2.35. The highest BCUT2D eigenvalue weighted by molar-refractivity contribution is 6.67. The molecular weight excluding hydrogens is 339 g/mol. The van der Waals surface area contributed by atoms with Crippen molar-refractivity contribution in [3.8, 4) is 23.0 Å². The number of methoxy groups -OCH3 is 1. The second kappa shape index (κ2) is 8.25. The van der Waals surface area contributed by atoms with Crippen LogP contribution in [0.25, 0.3) is 16.8 Å². The van der Waals surface area contributed by atoms with Crippen LogP contribution in [0.1, 0.15) is 38.3 Å². The average molecular weight is 364 g/mol. The number of hydrogen-bond donors (Lipinski definition) is 0. The monoisotopic (exact) mass is 364 g/mol. The lowest BCUT2D eigenvalue weighted by Gasteiger charge is -2.23. The fraction of sp³-hybridized carbons (Fsp3) is 0.474. The van der Waals surface area contributed by atoms with E-state index in [0.29, 0.717) is 5.88 Å². The van der Waals surface area contributed by atoms with Crippen molar-refractivity contribution < 1.29 is 4.74 Å². The van der Waals surface area contributed by atoms with E-state index in [1.165, 1.54) is 0 Å². The SMILES string of the molecule is CC.COc1cc(C2CCCB(C#N)C2)nc2c(-c3cnn(C)c3)cnn12. The first-order valence-corrected chi connectivity index (χ1v) is 9.51. The fourth-order valence-electron chi connectivity index (χ4n) is 3.65. The Morgan fingerprint density at radius 3 is 2.78 bits per heavy atom. The number of hydrogen-bond acceptors (Lipinski definition) is 5. The van der Waals surface area contributed by atoms with Crippen LogP contribution in [-0.4, -0.2) is 38.2 Å². The topological polar surface area (TPSA) is 81.0 Å². The minimum atomic E-state index is 0.116. The number of aryl methyl sites for hydroxylation is 1. The van der Waals surface area contributed by atoms with Crippen molar-refractivity contribution in [2.24, 2.45) is 7.05 Å². The fourth-order valence-corrected chi connectivity index (χ4v) is 3.65. The Morgan fingerprint density at radius 1 is 1.30 bits per heavy atom. The predicted molar refractivity (Wildman–Crippen MR) is 106 cm³/mol. The van der Waals surface area contributed by atoms with Crippen LogP contribution in [0.15, 0.2) is 24.7 Å². The maximum absolute atomic E-state index is 9.27. The molecule has 8 heteroatoms. The highest BCUT2D eigenvalue weighted by Gasteiger charge is 2.28. The van der Waals surface area contributed by atoms with Crippen LogP contribution in [0.3, 0.4) is 0 Å². The minimum absolute atomic E-state index is 0.116. The van der Waals surface area contributed by atoms with E-state index in [9.17, 15) is 5.26 Å². The summed E-state index contributed by atoms with van der Waals surface area (Å²) in [6.45, 7) is 4.12. The van der Waals surface area contributed by atoms with Crippen LogP contribution in [0.4, 0.5) is 0 Å². The Morgan fingerprint density at radius 2 is 2.11 bits per heavy atom. The van der Waals surface area contributed by atoms with Gasteiger partial charge in [0.25, 0.3) is 6.71 Å². The molecule has 4 heterocycles. The Bertz CT molecular complexity index is 957. The van der Waals surface area contributed by atoms with Gasteiger partial charge in [-0.25, -0.2) is 10.2 Å². The van der Waals surface area contributed by atoms with E-state index in [0.717, 1.165) is 47.9 Å². The zero-order valence-electron chi connectivity index (χ0n) is 16.4. The van der Waals surface area contributed by atoms with Crippen molar-refractivity contribution in [3.63, 3.8) is 0 Å². The van der Waals surface area contributed by atoms with E-state index >= 15 is 0 Å². The molecule has 1 aliphatic heterocycles. The summed E-state index contributed by atoms with van der Waals surface area (Å²) in [4.78, 5) is 4.90. The quantitative estimate of drug-likeness (QED) is 0.664. The highest BCUT2D eigenvalue weighted by atomic mass is 16.5. The molecule has 0 aromatic carbocycles. The van der Waals surface area contributed by atoms with Crippen LogP contribution in [0.5, 0.6) is 5.88 Å². The summed E-state index contributed by atoms with van der Waals surface area (Å²) < 4.78 is 9.02. The third-order valence-electron chi connectivity index (χ3n) is 4.96. The number of nitriles is 1. The summed E-state index contributed by atoms with van der Waals surface area (Å²) in [6, 6.07) is 1.96. The maximum atomic E-state index is 9.27. The molecule has 1 unspecified atom stereocenters. The van der Waals surface area contributed by atoms with E-state index in [-0.39, 0.29) is 12.6 Å². The molecule has 3 aromatic heterocycles. The van der Waals surface area contributed by atoms with Gasteiger partial charge in [0, 0.05) is 36.4 Å². The number of fused-ring (bicyclic) bond motifs is 1. The number of nitrogens with zero attached hydrogens (tertiary/aromatic N) is 6. The van der Waals surface area contributed by atoms with Crippen molar-refractivity contribution in [3.05, 3.63) is 30.4 Å². The molecular formula is C19H25BN6O. The van der Waals surface area contributed by atoms with E-state index in [4.69, 9.17) is 9.72 Å². The van der Waals surface area contributed by atoms with Crippen molar-refractivity contribution in [1.29, 1.82) is 5.26 Å². The summed E-state index contributed by atoms with van der Waals surface area (Å²) in [5, 5.41) is 17.9. The summed E-state index contributed by atoms with van der Waals surface area (Å²) in [5.74, 6) is 3.36. The first-order chi connectivity index (χ1) is 13.2. The first-order valence-electron chi connectivity index (χ1n) is 9.51. The zero-order valence-corrected chi connectivity index (χ0v) is 16.4. The predicted octanol–water partition coefficient (Wildman–Crippen LogP) is 3.60. The van der Waals surface area contributed by atoms with Gasteiger partial charge in [-0.2, -0.15) is 14.7 Å². The second-order valence-electron chi connectivity index (χ2n) is 6.61. The van der Waals surface area contributed by atoms with Gasteiger partial charge in [0.2, 0.25) is 5.88 Å². The Kier molecular flexibility index (Phi) is 5.80. The summed E-state index contributed by atoms with van der Waals surface area (Å²) in [5.41, 5.74) is 3.65. The average Bonchev–Trinajstić information content (AvgIpc) is 3.34. The van der Waals surface area contributed by atoms with Crippen molar-refractivity contribution in [2.45, 2.75) is 45.2 Å². The van der Waals surface area contributed by atoms with Gasteiger partial charge in [0.05, 0.1) is 25.2 Å². The van der Waals surface area contributed by atoms with Gasteiger partial charge < -0.3 is 4.74 Å². The van der Waals surface area contributed by atoms with Gasteiger partial charge in [-0.1, -0.05) is 32.9 Å². The van der Waals surface area contributed by atoms with Gasteiger partial charge in [0.1, 0.15) is 0 Å². The van der Waals surface area contributed by atoms with Crippen molar-refractivity contribution in [2.75, 3.05) is 7.11 Å². The van der Waals surface area contributed by atoms with E-state index in [1.807, 2.05) is 39.4 Å². The molecule has 0 N–H and O–H groups in total. The van der Waals surface area contributed by atoms with Gasteiger partial charge in [-0.15, -0.1) is 0 Å². The van der Waals surface area contributed by atoms with E-state index < -0.39 is 0 Å². The first kappa shape index (κ1) is 19.0. The molecule has 0 aliphatic carbocycles. The van der Waals surface area contributed by atoms with Gasteiger partial charge in [0.15, 0.2) is 5.65 Å². The van der Waals surface area contributed by atoms with Crippen LogP contribution in [-0.2, 0) is 7.05 Å². The molecule has 0 radical (unpaired) electrons. The van der Waals surface area contributed by atoms with Crippen LogP contribution >= 0.6 is 0 Å². The van der Waals surface area contributed by atoms with Crippen LogP contribution < -0.4 is 4.74 Å². The third kappa shape index (κ3) is 3.68. The number of ether oxygens (including phenoxy) is 1. The van der Waals surface area contributed by atoms with E-state index in [1.54, 1.807) is 22.5 Å². The lowest BCUT2D eigenvalue weighted by atomic mass is 9.41. The molecule has 0 spiro atoms. The maximum Gasteiger partial charge on any atom is 0.268 e. The Balaban J connectivity index is 0.00000102. The molecule has 0 amide bonds. The molecule has 1 fully saturated rings. The lowest BCUT2D eigenvalue weighted by molar-refractivity contribution is 0.383. The summed E-state index contributed by atoms with van der Waals surface area (Å²) in [7, 11) is 3.53. The molecule has 3 aromatic rings. The molecule has 1 atom stereocenters. The molecule has 7 nitrogen and oxygen atoms in total. The minimum Gasteiger partial charge on any atom is -0.481 e. The smallest absolute Gasteiger partial charge is 0.268 e. The van der Waals surface area contributed by atoms with Crippen LogP contribution in [0, 0.1) is 11.2 Å². The summed E-state index contributed by atoms with van der Waals surface area (Å²) >= 11 is 0. The van der Waals surface area contributed by atoms with Crippen molar-refractivity contribution in [1.82, 2.24) is 24.4 Å². The van der Waals surface area contributed by atoms with E-state index in [2.05, 4.69) is 16.2 Å². The van der Waals surface area contributed by atoms with Gasteiger partial charge >= 0.3 is 0 Å². The Labute approximate surface area is 160 Å². The third-order valence-corrected chi connectivity index (χ3v) is 4.96. The molecule has 1 aliphatic rings. The van der Waals surface area contributed by atoms with Gasteiger partial charge in [-0.3, -0.25) is 4.68 Å². The molecule has 27 heavy (non-hydrogen) atoms. The van der Waals surface area contributed by atoms with Crippen LogP contribution in [0.2, 0.25) is 12.6 Å². The number of aromatic nitrogens is 5. The number of rotatable bonds is 3. The Hall–Kier alpha value is -2.82. The second-order valence-corrected chi connectivity index (χ2v) is 6.61. The van der Waals surface area contributed by atoms with Crippen molar-refractivity contribution >= 4 is 12.4 Å². The lowest BCUT2D eigenvalue weighted by Crippen LogP contribution is -2.21. The van der Waals surface area contributed by atoms with Gasteiger partial charge in [-0.05, 0) is 12.3 Å². The zero-order chi connectivity index (χ0) is 19.4. The molecule has 4 rings (SSSR count). The standard InChI is InChI=1S/C17H19BN6O.C2H6/c1-23-10-13(8-20-23)14-9-21-24-16(25-2)6-15(22-17(14)24)12-4-3-5-18(7-12)11-19;1-2/h6,8-10,12H,3-5,7H2,1-2H3;1-2H3.